The van der Waals surface area contributed by atoms with E-state index < -0.39 is 4.92 Å². The van der Waals surface area contributed by atoms with Crippen molar-refractivity contribution in [3.05, 3.63) is 33.3 Å². The maximum atomic E-state index is 11.1. The van der Waals surface area contributed by atoms with E-state index in [1.807, 2.05) is 0 Å². The van der Waals surface area contributed by atoms with Gasteiger partial charge in [-0.1, -0.05) is 11.6 Å². The van der Waals surface area contributed by atoms with Crippen LogP contribution in [0.3, 0.4) is 0 Å². The monoisotopic (exact) mass is 724 g/mol. The Labute approximate surface area is 295 Å². The minimum absolute atomic E-state index is 0.0313. The van der Waals surface area contributed by atoms with Crippen molar-refractivity contribution in [3.63, 3.8) is 0 Å². The van der Waals surface area contributed by atoms with Crippen molar-refractivity contribution >= 4 is 28.9 Å². The maximum Gasteiger partial charge on any atom is 0.306 e. The molecule has 0 aliphatic heterocycles. The normalized spacial score (nSPS) is 11.2. The van der Waals surface area contributed by atoms with Crippen LogP contribution in [-0.4, -0.2) is 156 Å². The third-order valence-corrected chi connectivity index (χ3v) is 6.66. The Hall–Kier alpha value is -2.22. The van der Waals surface area contributed by atoms with Crippen LogP contribution in [0.2, 0.25) is 5.02 Å². The van der Waals surface area contributed by atoms with Gasteiger partial charge in [-0.15, -0.1) is 0 Å². The third-order valence-electron chi connectivity index (χ3n) is 6.43. The molecule has 0 bridgehead atoms. The van der Waals surface area contributed by atoms with Gasteiger partial charge in [0.05, 0.1) is 118 Å². The number of hydrogen-bond donors (Lipinski definition) is 3. The Morgan fingerprint density at radius 3 is 1.55 bits per heavy atom. The Morgan fingerprint density at radius 1 is 0.633 bits per heavy atom. The molecule has 0 radical (unpaired) electrons. The molecule has 0 unspecified atom stereocenters. The van der Waals surface area contributed by atoms with Crippen molar-refractivity contribution < 1.29 is 52.3 Å². The number of carbonyl (C=O) groups is 1. The van der Waals surface area contributed by atoms with E-state index in [9.17, 15) is 14.9 Å². The zero-order chi connectivity index (χ0) is 35.5. The predicted octanol–water partition coefficient (Wildman–Crippen LogP) is 2.32. The van der Waals surface area contributed by atoms with Gasteiger partial charge in [-0.2, -0.15) is 0 Å². The lowest BCUT2D eigenvalue weighted by molar-refractivity contribution is -0.383. The molecular formula is C32H57ClN4O12. The van der Waals surface area contributed by atoms with Crippen molar-refractivity contribution in [2.24, 2.45) is 0 Å². The molecule has 0 fully saturated rings. The number of rotatable bonds is 37. The fourth-order valence-corrected chi connectivity index (χ4v) is 4.03. The van der Waals surface area contributed by atoms with Crippen molar-refractivity contribution in [1.29, 1.82) is 0 Å². The van der Waals surface area contributed by atoms with Gasteiger partial charge in [-0.25, -0.2) is 0 Å². The first kappa shape index (κ1) is 44.8. The van der Waals surface area contributed by atoms with Crippen molar-refractivity contribution in [2.45, 2.75) is 19.3 Å². The van der Waals surface area contributed by atoms with E-state index in [1.165, 1.54) is 13.2 Å². The van der Waals surface area contributed by atoms with E-state index in [0.29, 0.717) is 136 Å². The van der Waals surface area contributed by atoms with Gasteiger partial charge in [0.2, 0.25) is 0 Å². The smallest absolute Gasteiger partial charge is 0.306 e. The van der Waals surface area contributed by atoms with Crippen molar-refractivity contribution in [3.8, 4) is 0 Å². The average molecular weight is 725 g/mol. The fourth-order valence-electron chi connectivity index (χ4n) is 3.86. The summed E-state index contributed by atoms with van der Waals surface area (Å²) >= 11 is 5.83. The maximum absolute atomic E-state index is 11.1. The number of unbranched alkanes of at least 4 members (excludes halogenated alkanes) is 1. The SMILES string of the molecule is COC(=O)CCNCCNCCOCCOCCOCCOCCOCCOCCOCCOCCCCNc1ccc(Cl)cc1[N+](=O)[O-]. The topological polar surface area (TPSA) is 179 Å². The number of nitrogens with one attached hydrogen (secondary N) is 3. The Morgan fingerprint density at radius 2 is 1.08 bits per heavy atom. The first-order valence-corrected chi connectivity index (χ1v) is 17.2. The number of ether oxygens (including phenoxy) is 9. The van der Waals surface area contributed by atoms with Gasteiger partial charge in [-0.05, 0) is 25.0 Å². The number of benzene rings is 1. The zero-order valence-electron chi connectivity index (χ0n) is 28.9. The zero-order valence-corrected chi connectivity index (χ0v) is 29.7. The molecule has 0 saturated heterocycles. The summed E-state index contributed by atoms with van der Waals surface area (Å²) < 4.78 is 48.5. The number of nitrogens with zero attached hydrogens (tertiary/aromatic N) is 1. The van der Waals surface area contributed by atoms with Crippen LogP contribution in [0.4, 0.5) is 11.4 Å². The van der Waals surface area contributed by atoms with E-state index in [1.54, 1.807) is 12.1 Å². The molecule has 16 nitrogen and oxygen atoms in total. The number of nitro groups is 1. The molecule has 0 spiro atoms. The summed E-state index contributed by atoms with van der Waals surface area (Å²) in [5, 5.41) is 20.9. The van der Waals surface area contributed by atoms with Gasteiger partial charge in [0, 0.05) is 50.4 Å². The summed E-state index contributed by atoms with van der Waals surface area (Å²) in [5.74, 6) is -0.209. The number of carbonyl (C=O) groups excluding carboxylic acids is 1. The van der Waals surface area contributed by atoms with Crippen LogP contribution in [0.5, 0.6) is 0 Å². The van der Waals surface area contributed by atoms with Crippen LogP contribution in [-0.2, 0) is 47.4 Å². The largest absolute Gasteiger partial charge is 0.469 e. The molecule has 0 aromatic heterocycles. The molecule has 3 N–H and O–H groups in total. The van der Waals surface area contributed by atoms with Crippen LogP contribution in [0, 0.1) is 10.1 Å². The molecule has 0 heterocycles. The molecule has 1 aromatic rings. The van der Waals surface area contributed by atoms with E-state index in [0.717, 1.165) is 32.5 Å². The third kappa shape index (κ3) is 29.2. The number of hydrogen-bond acceptors (Lipinski definition) is 15. The van der Waals surface area contributed by atoms with Crippen LogP contribution >= 0.6 is 11.6 Å². The molecule has 0 aliphatic carbocycles. The molecular weight excluding hydrogens is 668 g/mol. The first-order valence-electron chi connectivity index (χ1n) is 16.8. The number of halogens is 1. The average Bonchev–Trinajstić information content (AvgIpc) is 3.10. The van der Waals surface area contributed by atoms with Gasteiger partial charge >= 0.3 is 5.97 Å². The summed E-state index contributed by atoms with van der Waals surface area (Å²) in [5.41, 5.74) is 0.426. The minimum atomic E-state index is -0.449. The highest BCUT2D eigenvalue weighted by Gasteiger charge is 2.13. The molecule has 1 aromatic carbocycles. The van der Waals surface area contributed by atoms with Gasteiger partial charge < -0.3 is 58.6 Å². The van der Waals surface area contributed by atoms with Gasteiger partial charge in [0.1, 0.15) is 5.69 Å². The van der Waals surface area contributed by atoms with Crippen LogP contribution in [0.15, 0.2) is 18.2 Å². The van der Waals surface area contributed by atoms with Crippen LogP contribution in [0.25, 0.3) is 0 Å². The summed E-state index contributed by atoms with van der Waals surface area (Å²) in [7, 11) is 1.39. The number of methoxy groups -OCH3 is 1. The molecule has 17 heteroatoms. The summed E-state index contributed by atoms with van der Waals surface area (Å²) in [6.45, 7) is 11.7. The van der Waals surface area contributed by atoms with E-state index in [2.05, 4.69) is 20.7 Å². The molecule has 0 atom stereocenters. The number of esters is 1. The highest BCUT2D eigenvalue weighted by Crippen LogP contribution is 2.27. The van der Waals surface area contributed by atoms with E-state index in [-0.39, 0.29) is 11.7 Å². The predicted molar refractivity (Wildman–Crippen MR) is 185 cm³/mol. The molecule has 1 rings (SSSR count). The van der Waals surface area contributed by atoms with Gasteiger partial charge in [-0.3, -0.25) is 14.9 Å². The molecule has 0 aliphatic rings. The summed E-state index contributed by atoms with van der Waals surface area (Å²) in [6, 6.07) is 4.58. The van der Waals surface area contributed by atoms with Gasteiger partial charge in [0.25, 0.3) is 5.69 Å². The Balaban J connectivity index is 1.68. The summed E-state index contributed by atoms with van der Waals surface area (Å²) in [4.78, 5) is 21.6. The Bertz CT molecular complexity index is 938. The van der Waals surface area contributed by atoms with Crippen molar-refractivity contribution in [1.82, 2.24) is 10.6 Å². The van der Waals surface area contributed by atoms with E-state index >= 15 is 0 Å². The number of nitro benzene ring substituents is 1. The van der Waals surface area contributed by atoms with E-state index in [4.69, 9.17) is 49.5 Å². The first-order chi connectivity index (χ1) is 24.0. The van der Waals surface area contributed by atoms with Crippen LogP contribution < -0.4 is 16.0 Å². The molecule has 284 valence electrons. The lowest BCUT2D eigenvalue weighted by atomic mass is 10.2. The summed E-state index contributed by atoms with van der Waals surface area (Å²) in [6.07, 6.45) is 2.02. The number of anilines is 1. The minimum Gasteiger partial charge on any atom is -0.469 e. The fraction of sp³-hybridized carbons (Fsp3) is 0.781. The van der Waals surface area contributed by atoms with Crippen LogP contribution in [0.1, 0.15) is 19.3 Å². The lowest BCUT2D eigenvalue weighted by Gasteiger charge is -2.09. The standard InChI is InChI=1S/C32H57ClN4O12/c1-41-32(38)6-8-34-9-10-35-11-13-43-15-17-45-19-21-47-23-25-49-27-26-48-24-22-46-20-18-44-16-14-42-12-3-2-7-36-30-5-4-29(33)28-31(30)37(39)40/h4-5,28,34-36H,2-3,6-27H2,1H3. The Kier molecular flexibility index (Phi) is 31.3. The van der Waals surface area contributed by atoms with Crippen molar-refractivity contribution in [2.75, 3.05) is 151 Å². The quantitative estimate of drug-likeness (QED) is 0.0394. The molecule has 0 amide bonds. The van der Waals surface area contributed by atoms with Gasteiger partial charge in [0.15, 0.2) is 0 Å². The molecule has 49 heavy (non-hydrogen) atoms. The second kappa shape index (κ2) is 34.2. The highest BCUT2D eigenvalue weighted by molar-refractivity contribution is 6.30. The second-order valence-electron chi connectivity index (χ2n) is 10.3. The lowest BCUT2D eigenvalue weighted by Crippen LogP contribution is -2.31. The highest BCUT2D eigenvalue weighted by atomic mass is 35.5. The second-order valence-corrected chi connectivity index (χ2v) is 10.7. The molecule has 0 saturated carbocycles.